The molecule has 5 nitrogen and oxygen atoms in total. The molecule has 1 spiro atoms. The van der Waals surface area contributed by atoms with Crippen LogP contribution in [0.2, 0.25) is 5.02 Å². The normalized spacial score (nSPS) is 27.2. The monoisotopic (exact) mass is 349 g/mol. The molecule has 0 bridgehead atoms. The van der Waals surface area contributed by atoms with Gasteiger partial charge in [-0.05, 0) is 37.4 Å². The number of benzene rings is 1. The SMILES string of the molecule is C[C@@H]1CCCC[C@]12NC(=O)N(CN(C)Cc1ccccc1Cl)C2=O. The van der Waals surface area contributed by atoms with Crippen molar-refractivity contribution in [3.05, 3.63) is 34.9 Å². The highest BCUT2D eigenvalue weighted by Crippen LogP contribution is 2.38. The molecule has 130 valence electrons. The van der Waals surface area contributed by atoms with Crippen molar-refractivity contribution < 1.29 is 9.59 Å². The second-order valence-electron chi connectivity index (χ2n) is 7.03. The van der Waals surface area contributed by atoms with Crippen LogP contribution >= 0.6 is 11.6 Å². The number of urea groups is 1. The van der Waals surface area contributed by atoms with Gasteiger partial charge in [0.1, 0.15) is 5.54 Å². The lowest BCUT2D eigenvalue weighted by molar-refractivity contribution is -0.135. The number of imide groups is 1. The molecule has 0 aromatic heterocycles. The van der Waals surface area contributed by atoms with Gasteiger partial charge in [-0.1, -0.05) is 49.6 Å². The molecular weight excluding hydrogens is 326 g/mol. The number of nitrogens with zero attached hydrogens (tertiary/aromatic N) is 2. The quantitative estimate of drug-likeness (QED) is 0.849. The molecule has 1 N–H and O–H groups in total. The molecule has 1 saturated carbocycles. The van der Waals surface area contributed by atoms with Gasteiger partial charge in [0.25, 0.3) is 5.91 Å². The van der Waals surface area contributed by atoms with E-state index in [0.29, 0.717) is 11.6 Å². The van der Waals surface area contributed by atoms with Crippen molar-refractivity contribution in [2.24, 2.45) is 5.92 Å². The fourth-order valence-electron chi connectivity index (χ4n) is 3.83. The van der Waals surface area contributed by atoms with Gasteiger partial charge in [0.15, 0.2) is 0 Å². The van der Waals surface area contributed by atoms with Crippen LogP contribution in [0.15, 0.2) is 24.3 Å². The maximum Gasteiger partial charge on any atom is 0.326 e. The van der Waals surface area contributed by atoms with Gasteiger partial charge in [-0.25, -0.2) is 9.69 Å². The van der Waals surface area contributed by atoms with Crippen LogP contribution in [0.5, 0.6) is 0 Å². The average Bonchev–Trinajstić information content (AvgIpc) is 2.78. The summed E-state index contributed by atoms with van der Waals surface area (Å²) in [5.41, 5.74) is 0.287. The number of hydrogen-bond acceptors (Lipinski definition) is 3. The van der Waals surface area contributed by atoms with Crippen molar-refractivity contribution in [3.63, 3.8) is 0 Å². The first-order valence-electron chi connectivity index (χ1n) is 8.50. The average molecular weight is 350 g/mol. The third kappa shape index (κ3) is 3.03. The first-order chi connectivity index (χ1) is 11.4. The zero-order valence-corrected chi connectivity index (χ0v) is 15.0. The fourth-order valence-corrected chi connectivity index (χ4v) is 4.03. The summed E-state index contributed by atoms with van der Waals surface area (Å²) in [6.45, 7) is 2.91. The lowest BCUT2D eigenvalue weighted by atomic mass is 9.73. The Kier molecular flexibility index (Phi) is 4.83. The third-order valence-corrected chi connectivity index (χ3v) is 5.65. The maximum atomic E-state index is 12.9. The van der Waals surface area contributed by atoms with Gasteiger partial charge in [-0.15, -0.1) is 0 Å². The van der Waals surface area contributed by atoms with Crippen LogP contribution in [0.4, 0.5) is 4.79 Å². The largest absolute Gasteiger partial charge is 0.326 e. The summed E-state index contributed by atoms with van der Waals surface area (Å²) >= 11 is 6.19. The summed E-state index contributed by atoms with van der Waals surface area (Å²) < 4.78 is 0. The topological polar surface area (TPSA) is 52.7 Å². The summed E-state index contributed by atoms with van der Waals surface area (Å²) in [5, 5.41) is 3.68. The van der Waals surface area contributed by atoms with Crippen LogP contribution in [0.1, 0.15) is 38.2 Å². The van der Waals surface area contributed by atoms with E-state index in [2.05, 4.69) is 12.2 Å². The summed E-state index contributed by atoms with van der Waals surface area (Å²) in [7, 11) is 1.89. The molecule has 24 heavy (non-hydrogen) atoms. The Balaban J connectivity index is 1.70. The highest BCUT2D eigenvalue weighted by atomic mass is 35.5. The van der Waals surface area contributed by atoms with E-state index < -0.39 is 5.54 Å². The minimum atomic E-state index is -0.694. The van der Waals surface area contributed by atoms with Crippen molar-refractivity contribution in [1.29, 1.82) is 0 Å². The van der Waals surface area contributed by atoms with Gasteiger partial charge in [-0.2, -0.15) is 0 Å². The van der Waals surface area contributed by atoms with E-state index in [0.717, 1.165) is 31.2 Å². The predicted octanol–water partition coefficient (Wildman–Crippen LogP) is 3.23. The molecule has 0 unspecified atom stereocenters. The predicted molar refractivity (Wildman–Crippen MR) is 93.5 cm³/mol. The van der Waals surface area contributed by atoms with Gasteiger partial charge in [0.2, 0.25) is 0 Å². The Hall–Kier alpha value is -1.59. The number of carbonyl (C=O) groups excluding carboxylic acids is 2. The van der Waals surface area contributed by atoms with Crippen molar-refractivity contribution >= 4 is 23.5 Å². The molecule has 1 saturated heterocycles. The van der Waals surface area contributed by atoms with Crippen molar-refractivity contribution in [3.8, 4) is 0 Å². The molecule has 2 fully saturated rings. The van der Waals surface area contributed by atoms with Crippen LogP contribution in [0.25, 0.3) is 0 Å². The first-order valence-corrected chi connectivity index (χ1v) is 8.88. The summed E-state index contributed by atoms with van der Waals surface area (Å²) in [4.78, 5) is 28.6. The minimum absolute atomic E-state index is 0.0780. The Labute approximate surface area is 147 Å². The van der Waals surface area contributed by atoms with Gasteiger partial charge in [0.05, 0.1) is 6.67 Å². The molecule has 0 radical (unpaired) electrons. The molecule has 2 atom stereocenters. The van der Waals surface area contributed by atoms with Crippen LogP contribution < -0.4 is 5.32 Å². The Morgan fingerprint density at radius 2 is 2.08 bits per heavy atom. The van der Waals surface area contributed by atoms with Gasteiger partial charge >= 0.3 is 6.03 Å². The van der Waals surface area contributed by atoms with Gasteiger partial charge in [-0.3, -0.25) is 9.69 Å². The van der Waals surface area contributed by atoms with Crippen LogP contribution in [-0.2, 0) is 11.3 Å². The molecule has 1 aliphatic heterocycles. The van der Waals surface area contributed by atoms with Gasteiger partial charge in [0, 0.05) is 11.6 Å². The van der Waals surface area contributed by atoms with Crippen molar-refractivity contribution in [2.75, 3.05) is 13.7 Å². The fraction of sp³-hybridized carbons (Fsp3) is 0.556. The van der Waals surface area contributed by atoms with E-state index in [9.17, 15) is 9.59 Å². The summed E-state index contributed by atoms with van der Waals surface area (Å²) in [6.07, 6.45) is 3.83. The maximum absolute atomic E-state index is 12.9. The van der Waals surface area contributed by atoms with Crippen LogP contribution in [0, 0.1) is 5.92 Å². The zero-order chi connectivity index (χ0) is 17.3. The highest BCUT2D eigenvalue weighted by Gasteiger charge is 2.54. The number of rotatable bonds is 4. The molecule has 3 amide bonds. The Morgan fingerprint density at radius 1 is 1.33 bits per heavy atom. The highest BCUT2D eigenvalue weighted by molar-refractivity contribution is 6.31. The molecule has 1 aromatic rings. The molecule has 6 heteroatoms. The summed E-state index contributed by atoms with van der Waals surface area (Å²) in [6, 6.07) is 7.34. The van der Waals surface area contributed by atoms with Gasteiger partial charge < -0.3 is 5.32 Å². The zero-order valence-electron chi connectivity index (χ0n) is 14.2. The lowest BCUT2D eigenvalue weighted by Crippen LogP contribution is -2.54. The lowest BCUT2D eigenvalue weighted by Gasteiger charge is -2.37. The standard InChI is InChI=1S/C18H24ClN3O2/c1-13-7-5-6-10-18(13)16(23)22(17(24)20-18)12-21(2)11-14-8-3-4-9-15(14)19/h3-4,8-9,13H,5-7,10-12H2,1-2H3,(H,20,24)/t13-,18+/m1/s1. The van der Waals surface area contributed by atoms with Crippen LogP contribution in [0.3, 0.4) is 0 Å². The Bertz CT molecular complexity index is 651. The number of carbonyl (C=O) groups is 2. The van der Waals surface area contributed by atoms with E-state index in [1.165, 1.54) is 4.90 Å². The van der Waals surface area contributed by atoms with E-state index >= 15 is 0 Å². The number of hydrogen-bond donors (Lipinski definition) is 1. The minimum Gasteiger partial charge on any atom is -0.323 e. The molecule has 3 rings (SSSR count). The summed E-state index contributed by atoms with van der Waals surface area (Å²) in [5.74, 6) is 0.104. The van der Waals surface area contributed by atoms with E-state index in [1.807, 2.05) is 36.2 Å². The first kappa shape index (κ1) is 17.2. The third-order valence-electron chi connectivity index (χ3n) is 5.28. The van der Waals surface area contributed by atoms with Crippen LogP contribution in [-0.4, -0.2) is 41.0 Å². The number of amides is 3. The van der Waals surface area contributed by atoms with Crippen molar-refractivity contribution in [2.45, 2.75) is 44.7 Å². The van der Waals surface area contributed by atoms with E-state index in [1.54, 1.807) is 0 Å². The Morgan fingerprint density at radius 3 is 2.79 bits per heavy atom. The molecule has 2 aliphatic rings. The molecular formula is C18H24ClN3O2. The van der Waals surface area contributed by atoms with Crippen molar-refractivity contribution in [1.82, 2.24) is 15.1 Å². The number of halogens is 1. The number of nitrogens with one attached hydrogen (secondary N) is 1. The smallest absolute Gasteiger partial charge is 0.323 e. The second-order valence-corrected chi connectivity index (χ2v) is 7.44. The molecule has 1 heterocycles. The second kappa shape index (κ2) is 6.73. The van der Waals surface area contributed by atoms with E-state index in [-0.39, 0.29) is 24.5 Å². The molecule has 1 aliphatic carbocycles. The molecule has 1 aromatic carbocycles. The van der Waals surface area contributed by atoms with E-state index in [4.69, 9.17) is 11.6 Å².